The summed E-state index contributed by atoms with van der Waals surface area (Å²) in [7, 11) is 3.07. The molecular weight excluding hydrogens is 512 g/mol. The number of rotatable bonds is 11. The van der Waals surface area contributed by atoms with Crippen molar-refractivity contribution < 1.29 is 23.8 Å². The summed E-state index contributed by atoms with van der Waals surface area (Å²) in [6.45, 7) is 2.39. The van der Waals surface area contributed by atoms with Crippen molar-refractivity contribution in [3.05, 3.63) is 108 Å². The Morgan fingerprint density at radius 3 is 2.26 bits per heavy atom. The SMILES string of the molecule is CCOc1ccccc1NC(=O)C(Sc1cccc(NC(=O)c2ccc(OC)c(OC)c2)c1)c1ccccc1. The summed E-state index contributed by atoms with van der Waals surface area (Å²) in [4.78, 5) is 27.3. The monoisotopic (exact) mass is 542 g/mol. The van der Waals surface area contributed by atoms with Gasteiger partial charge in [-0.25, -0.2) is 0 Å². The smallest absolute Gasteiger partial charge is 0.255 e. The van der Waals surface area contributed by atoms with Crippen molar-refractivity contribution in [3.63, 3.8) is 0 Å². The molecule has 0 aliphatic heterocycles. The van der Waals surface area contributed by atoms with Gasteiger partial charge in [0.2, 0.25) is 5.91 Å². The van der Waals surface area contributed by atoms with E-state index in [1.54, 1.807) is 31.4 Å². The molecule has 4 aromatic rings. The summed E-state index contributed by atoms with van der Waals surface area (Å²) < 4.78 is 16.3. The van der Waals surface area contributed by atoms with E-state index >= 15 is 0 Å². The number of hydrogen-bond acceptors (Lipinski definition) is 6. The fraction of sp³-hybridized carbons (Fsp3) is 0.161. The van der Waals surface area contributed by atoms with Crippen molar-refractivity contribution in [1.82, 2.24) is 0 Å². The van der Waals surface area contributed by atoms with E-state index in [4.69, 9.17) is 14.2 Å². The average molecular weight is 543 g/mol. The minimum absolute atomic E-state index is 0.182. The maximum Gasteiger partial charge on any atom is 0.255 e. The molecule has 0 fully saturated rings. The lowest BCUT2D eigenvalue weighted by Gasteiger charge is -2.19. The van der Waals surface area contributed by atoms with E-state index in [1.165, 1.54) is 18.9 Å². The van der Waals surface area contributed by atoms with E-state index in [2.05, 4.69) is 10.6 Å². The first kappa shape index (κ1) is 27.6. The fourth-order valence-corrected chi connectivity index (χ4v) is 5.00. The highest BCUT2D eigenvalue weighted by Gasteiger charge is 2.23. The first-order chi connectivity index (χ1) is 19.0. The molecule has 0 aromatic heterocycles. The Balaban J connectivity index is 1.54. The maximum atomic E-state index is 13.6. The van der Waals surface area contributed by atoms with Gasteiger partial charge in [0.1, 0.15) is 11.0 Å². The number of carbonyl (C=O) groups is 2. The van der Waals surface area contributed by atoms with Gasteiger partial charge in [-0.2, -0.15) is 0 Å². The molecule has 39 heavy (non-hydrogen) atoms. The predicted molar refractivity (Wildman–Crippen MR) is 155 cm³/mol. The van der Waals surface area contributed by atoms with Gasteiger partial charge in [-0.1, -0.05) is 48.5 Å². The van der Waals surface area contributed by atoms with Crippen LogP contribution in [0.4, 0.5) is 11.4 Å². The lowest BCUT2D eigenvalue weighted by molar-refractivity contribution is -0.115. The molecule has 2 N–H and O–H groups in total. The standard InChI is InChI=1S/C31H30N2O5S/c1-4-38-26-16-9-8-15-25(26)33-31(35)29(21-11-6-5-7-12-21)39-24-14-10-13-23(20-24)32-30(34)22-17-18-27(36-2)28(19-22)37-3/h5-20,29H,4H2,1-3H3,(H,32,34)(H,33,35). The maximum absolute atomic E-state index is 13.6. The molecule has 1 atom stereocenters. The van der Waals surface area contributed by atoms with Gasteiger partial charge in [-0.3, -0.25) is 9.59 Å². The van der Waals surface area contributed by atoms with Gasteiger partial charge in [0.25, 0.3) is 5.91 Å². The van der Waals surface area contributed by atoms with Crippen LogP contribution in [0.25, 0.3) is 0 Å². The van der Waals surface area contributed by atoms with Crippen molar-refractivity contribution in [1.29, 1.82) is 0 Å². The van der Waals surface area contributed by atoms with Gasteiger partial charge in [-0.15, -0.1) is 11.8 Å². The van der Waals surface area contributed by atoms with Gasteiger partial charge in [0.05, 0.1) is 26.5 Å². The molecule has 0 saturated carbocycles. The quantitative estimate of drug-likeness (QED) is 0.202. The number of methoxy groups -OCH3 is 2. The Bertz CT molecular complexity index is 1430. The first-order valence-corrected chi connectivity index (χ1v) is 13.3. The zero-order valence-corrected chi connectivity index (χ0v) is 22.8. The summed E-state index contributed by atoms with van der Waals surface area (Å²) in [6.07, 6.45) is 0. The molecule has 200 valence electrons. The minimum atomic E-state index is -0.544. The number of anilines is 2. The molecule has 0 aliphatic carbocycles. The Hall–Kier alpha value is -4.43. The van der Waals surface area contributed by atoms with Crippen LogP contribution in [0.1, 0.15) is 28.1 Å². The largest absolute Gasteiger partial charge is 0.493 e. The minimum Gasteiger partial charge on any atom is -0.493 e. The molecule has 1 unspecified atom stereocenters. The van der Waals surface area contributed by atoms with Crippen LogP contribution in [0.2, 0.25) is 0 Å². The van der Waals surface area contributed by atoms with Crippen molar-refractivity contribution in [2.24, 2.45) is 0 Å². The third-order valence-corrected chi connectivity index (χ3v) is 7.02. The van der Waals surface area contributed by atoms with Crippen molar-refractivity contribution >= 4 is 35.0 Å². The lowest BCUT2D eigenvalue weighted by Crippen LogP contribution is -2.19. The van der Waals surface area contributed by atoms with Gasteiger partial charge in [-0.05, 0) is 61.0 Å². The molecule has 0 spiro atoms. The van der Waals surface area contributed by atoms with Gasteiger partial charge in [0.15, 0.2) is 11.5 Å². The van der Waals surface area contributed by atoms with Crippen LogP contribution in [-0.2, 0) is 4.79 Å². The number of ether oxygens (including phenoxy) is 3. The normalized spacial score (nSPS) is 11.3. The van der Waals surface area contributed by atoms with E-state index in [9.17, 15) is 9.59 Å². The van der Waals surface area contributed by atoms with E-state index in [1.807, 2.05) is 79.7 Å². The zero-order valence-electron chi connectivity index (χ0n) is 22.0. The topological polar surface area (TPSA) is 85.9 Å². The van der Waals surface area contributed by atoms with E-state index in [0.717, 1.165) is 10.5 Å². The number of benzene rings is 4. The van der Waals surface area contributed by atoms with E-state index in [-0.39, 0.29) is 11.8 Å². The van der Waals surface area contributed by atoms with Crippen LogP contribution >= 0.6 is 11.8 Å². The molecule has 0 saturated heterocycles. The zero-order chi connectivity index (χ0) is 27.6. The second kappa shape index (κ2) is 13.4. The number of amides is 2. The van der Waals surface area contributed by atoms with Crippen molar-refractivity contribution in [2.75, 3.05) is 31.5 Å². The summed E-state index contributed by atoms with van der Waals surface area (Å²) in [6, 6.07) is 29.3. The molecule has 0 aliphatic rings. The highest BCUT2D eigenvalue weighted by molar-refractivity contribution is 8.00. The lowest BCUT2D eigenvalue weighted by atomic mass is 10.1. The second-order valence-corrected chi connectivity index (χ2v) is 9.56. The molecule has 4 rings (SSSR count). The van der Waals surface area contributed by atoms with Crippen LogP contribution in [0, 0.1) is 0 Å². The van der Waals surface area contributed by atoms with Gasteiger partial charge >= 0.3 is 0 Å². The van der Waals surface area contributed by atoms with Gasteiger partial charge < -0.3 is 24.8 Å². The highest BCUT2D eigenvalue weighted by atomic mass is 32.2. The van der Waals surface area contributed by atoms with Crippen LogP contribution in [0.3, 0.4) is 0 Å². The van der Waals surface area contributed by atoms with Crippen LogP contribution in [0.15, 0.2) is 102 Å². The molecule has 0 radical (unpaired) electrons. The Labute approximate surface area is 232 Å². The molecule has 4 aromatic carbocycles. The third-order valence-electron chi connectivity index (χ3n) is 5.78. The second-order valence-electron chi connectivity index (χ2n) is 8.38. The molecule has 0 heterocycles. The molecule has 2 amide bonds. The van der Waals surface area contributed by atoms with Crippen LogP contribution in [-0.4, -0.2) is 32.6 Å². The summed E-state index contributed by atoms with van der Waals surface area (Å²) >= 11 is 1.40. The van der Waals surface area contributed by atoms with Gasteiger partial charge in [0, 0.05) is 16.1 Å². The summed E-state index contributed by atoms with van der Waals surface area (Å²) in [5.74, 6) is 1.16. The van der Waals surface area contributed by atoms with Crippen molar-refractivity contribution in [3.8, 4) is 17.2 Å². The number of para-hydroxylation sites is 2. The number of nitrogens with one attached hydrogen (secondary N) is 2. The van der Waals surface area contributed by atoms with Crippen molar-refractivity contribution in [2.45, 2.75) is 17.1 Å². The van der Waals surface area contributed by atoms with E-state index < -0.39 is 5.25 Å². The van der Waals surface area contributed by atoms with E-state index in [0.29, 0.717) is 40.8 Å². The Kier molecular flexibility index (Phi) is 9.48. The fourth-order valence-electron chi connectivity index (χ4n) is 3.91. The molecule has 7 nitrogen and oxygen atoms in total. The first-order valence-electron chi connectivity index (χ1n) is 12.4. The number of hydrogen-bond donors (Lipinski definition) is 2. The highest BCUT2D eigenvalue weighted by Crippen LogP contribution is 2.38. The number of carbonyl (C=O) groups excluding carboxylic acids is 2. The molecule has 8 heteroatoms. The van der Waals surface area contributed by atoms with Crippen LogP contribution < -0.4 is 24.8 Å². The Morgan fingerprint density at radius 1 is 0.769 bits per heavy atom. The predicted octanol–water partition coefficient (Wildman–Crippen LogP) is 6.83. The molecule has 0 bridgehead atoms. The third kappa shape index (κ3) is 7.12. The number of thioether (sulfide) groups is 1. The Morgan fingerprint density at radius 2 is 1.51 bits per heavy atom. The van der Waals surface area contributed by atoms with Crippen LogP contribution in [0.5, 0.6) is 17.2 Å². The molecular formula is C31H30N2O5S. The summed E-state index contributed by atoms with van der Waals surface area (Å²) in [5.41, 5.74) is 2.50. The average Bonchev–Trinajstić information content (AvgIpc) is 2.97. The summed E-state index contributed by atoms with van der Waals surface area (Å²) in [5, 5.41) is 5.41.